The Morgan fingerprint density at radius 3 is 2.32 bits per heavy atom. The zero-order chi connectivity index (χ0) is 27.5. The van der Waals surface area contributed by atoms with Gasteiger partial charge >= 0.3 is 0 Å². The van der Waals surface area contributed by atoms with Crippen LogP contribution in [0.15, 0.2) is 54.6 Å². The SMILES string of the molecule is COc1ccccc1N(CCCC(=O)N(CCc1ccccc1)C(C)C(=O)NC1CCCCC1)S(C)(=O)=O. The number of benzene rings is 2. The van der Waals surface area contributed by atoms with Crippen LogP contribution in [0.25, 0.3) is 0 Å². The molecule has 1 atom stereocenters. The Morgan fingerprint density at radius 1 is 1.00 bits per heavy atom. The second kappa shape index (κ2) is 14.2. The predicted octanol–water partition coefficient (Wildman–Crippen LogP) is 4.15. The van der Waals surface area contributed by atoms with Gasteiger partial charge in [0.2, 0.25) is 21.8 Å². The van der Waals surface area contributed by atoms with Crippen LogP contribution in [0.4, 0.5) is 5.69 Å². The number of nitrogens with one attached hydrogen (secondary N) is 1. The highest BCUT2D eigenvalue weighted by atomic mass is 32.2. The van der Waals surface area contributed by atoms with Crippen molar-refractivity contribution in [2.45, 2.75) is 70.4 Å². The summed E-state index contributed by atoms with van der Waals surface area (Å²) in [5.74, 6) is 0.146. The number of nitrogens with zero attached hydrogens (tertiary/aromatic N) is 2. The van der Waals surface area contributed by atoms with Crippen molar-refractivity contribution in [2.75, 3.05) is 30.8 Å². The predicted molar refractivity (Wildman–Crippen MR) is 151 cm³/mol. The summed E-state index contributed by atoms with van der Waals surface area (Å²) < 4.78 is 31.8. The molecule has 1 unspecified atom stereocenters. The van der Waals surface area contributed by atoms with Gasteiger partial charge in [-0.15, -0.1) is 0 Å². The summed E-state index contributed by atoms with van der Waals surface area (Å²) >= 11 is 0. The first kappa shape index (κ1) is 29.5. The highest BCUT2D eigenvalue weighted by molar-refractivity contribution is 7.92. The zero-order valence-electron chi connectivity index (χ0n) is 22.8. The van der Waals surface area contributed by atoms with Crippen LogP contribution in [0.5, 0.6) is 5.75 Å². The van der Waals surface area contributed by atoms with Crippen LogP contribution in [-0.2, 0) is 26.0 Å². The molecule has 1 fully saturated rings. The maximum atomic E-state index is 13.4. The topological polar surface area (TPSA) is 96.0 Å². The third kappa shape index (κ3) is 8.48. The van der Waals surface area contributed by atoms with Crippen molar-refractivity contribution in [1.82, 2.24) is 10.2 Å². The Kier molecular flexibility index (Phi) is 11.0. The van der Waals surface area contributed by atoms with Crippen LogP contribution >= 0.6 is 0 Å². The molecule has 2 aromatic rings. The van der Waals surface area contributed by atoms with Gasteiger partial charge in [-0.3, -0.25) is 13.9 Å². The Hall–Kier alpha value is -3.07. The maximum absolute atomic E-state index is 13.4. The van der Waals surface area contributed by atoms with Crippen LogP contribution in [0.2, 0.25) is 0 Å². The van der Waals surface area contributed by atoms with E-state index in [2.05, 4.69) is 5.32 Å². The number of methoxy groups -OCH3 is 1. The van der Waals surface area contributed by atoms with Gasteiger partial charge in [0, 0.05) is 25.6 Å². The molecule has 0 aliphatic heterocycles. The lowest BCUT2D eigenvalue weighted by atomic mass is 9.95. The Morgan fingerprint density at radius 2 is 1.66 bits per heavy atom. The van der Waals surface area contributed by atoms with E-state index in [1.807, 2.05) is 30.3 Å². The van der Waals surface area contributed by atoms with Crippen molar-refractivity contribution in [3.05, 3.63) is 60.2 Å². The zero-order valence-corrected chi connectivity index (χ0v) is 23.6. The molecule has 1 saturated carbocycles. The summed E-state index contributed by atoms with van der Waals surface area (Å²) in [5, 5.41) is 3.15. The minimum atomic E-state index is -3.60. The number of hydrogen-bond acceptors (Lipinski definition) is 5. The van der Waals surface area contributed by atoms with Crippen LogP contribution < -0.4 is 14.4 Å². The first-order chi connectivity index (χ1) is 18.2. The Balaban J connectivity index is 1.69. The van der Waals surface area contributed by atoms with Crippen LogP contribution in [0.3, 0.4) is 0 Å². The van der Waals surface area contributed by atoms with E-state index in [0.29, 0.717) is 30.8 Å². The molecule has 3 rings (SSSR count). The molecule has 0 radical (unpaired) electrons. The Bertz CT molecular complexity index is 1150. The van der Waals surface area contributed by atoms with E-state index in [-0.39, 0.29) is 30.8 Å². The van der Waals surface area contributed by atoms with Crippen molar-refractivity contribution in [3.8, 4) is 5.75 Å². The first-order valence-electron chi connectivity index (χ1n) is 13.4. The molecular formula is C29H41N3O5S. The largest absolute Gasteiger partial charge is 0.495 e. The minimum absolute atomic E-state index is 0.122. The van der Waals surface area contributed by atoms with Crippen molar-refractivity contribution < 1.29 is 22.7 Å². The lowest BCUT2D eigenvalue weighted by Crippen LogP contribution is -2.51. The molecule has 2 aromatic carbocycles. The van der Waals surface area contributed by atoms with Gasteiger partial charge in [-0.25, -0.2) is 8.42 Å². The maximum Gasteiger partial charge on any atom is 0.242 e. The van der Waals surface area contributed by atoms with E-state index in [4.69, 9.17) is 4.74 Å². The van der Waals surface area contributed by atoms with Gasteiger partial charge in [-0.1, -0.05) is 61.7 Å². The number of para-hydroxylation sites is 2. The molecule has 0 spiro atoms. The Labute approximate surface area is 227 Å². The van der Waals surface area contributed by atoms with Gasteiger partial charge in [-0.2, -0.15) is 0 Å². The fourth-order valence-corrected chi connectivity index (χ4v) is 5.93. The number of rotatable bonds is 13. The summed E-state index contributed by atoms with van der Waals surface area (Å²) in [5.41, 5.74) is 1.52. The highest BCUT2D eigenvalue weighted by Crippen LogP contribution is 2.29. The van der Waals surface area contributed by atoms with E-state index in [0.717, 1.165) is 37.5 Å². The average molecular weight is 544 g/mol. The summed E-state index contributed by atoms with van der Waals surface area (Å²) in [6.45, 7) is 2.31. The number of amides is 2. The highest BCUT2D eigenvalue weighted by Gasteiger charge is 2.28. The van der Waals surface area contributed by atoms with Crippen molar-refractivity contribution in [2.24, 2.45) is 0 Å². The monoisotopic (exact) mass is 543 g/mol. The molecule has 9 heteroatoms. The van der Waals surface area contributed by atoms with E-state index < -0.39 is 16.1 Å². The normalized spacial score (nSPS) is 14.9. The summed E-state index contributed by atoms with van der Waals surface area (Å²) in [6, 6.07) is 16.3. The lowest BCUT2D eigenvalue weighted by molar-refractivity contribution is -0.140. The molecule has 8 nitrogen and oxygen atoms in total. The van der Waals surface area contributed by atoms with Crippen LogP contribution in [-0.4, -0.2) is 63.7 Å². The van der Waals surface area contributed by atoms with E-state index in [1.54, 1.807) is 36.1 Å². The standard InChI is InChI=1S/C29H41N3O5S/c1-23(29(34)30-25-15-8-5-9-16-25)31(22-20-24-13-6-4-7-14-24)28(33)19-12-21-32(38(3,35)36)26-17-10-11-18-27(26)37-2/h4,6-7,10-11,13-14,17-18,23,25H,5,8-9,12,15-16,19-22H2,1-3H3,(H,30,34). The molecule has 0 heterocycles. The molecule has 0 aromatic heterocycles. The number of carbonyl (C=O) groups excluding carboxylic acids is 2. The second-order valence-corrected chi connectivity index (χ2v) is 11.9. The fourth-order valence-electron chi connectivity index (χ4n) is 4.96. The van der Waals surface area contributed by atoms with E-state index >= 15 is 0 Å². The van der Waals surface area contributed by atoms with Crippen molar-refractivity contribution >= 4 is 27.5 Å². The summed E-state index contributed by atoms with van der Waals surface area (Å²) in [4.78, 5) is 28.2. The van der Waals surface area contributed by atoms with Crippen molar-refractivity contribution in [3.63, 3.8) is 0 Å². The van der Waals surface area contributed by atoms with E-state index in [9.17, 15) is 18.0 Å². The molecule has 0 saturated heterocycles. The molecular weight excluding hydrogens is 502 g/mol. The van der Waals surface area contributed by atoms with Gasteiger partial charge < -0.3 is 15.0 Å². The fraction of sp³-hybridized carbons (Fsp3) is 0.517. The first-order valence-corrected chi connectivity index (χ1v) is 15.3. The number of sulfonamides is 1. The molecule has 1 aliphatic carbocycles. The summed E-state index contributed by atoms with van der Waals surface area (Å²) in [7, 11) is -2.10. The number of carbonyl (C=O) groups is 2. The second-order valence-electron chi connectivity index (χ2n) is 9.95. The van der Waals surface area contributed by atoms with Gasteiger partial charge in [-0.05, 0) is 50.3 Å². The van der Waals surface area contributed by atoms with Gasteiger partial charge in [0.1, 0.15) is 11.8 Å². The molecule has 1 N–H and O–H groups in total. The number of hydrogen-bond donors (Lipinski definition) is 1. The summed E-state index contributed by atoms with van der Waals surface area (Å²) in [6.07, 6.45) is 7.57. The van der Waals surface area contributed by atoms with Crippen molar-refractivity contribution in [1.29, 1.82) is 0 Å². The smallest absolute Gasteiger partial charge is 0.242 e. The number of ether oxygens (including phenoxy) is 1. The molecule has 1 aliphatic rings. The van der Waals surface area contributed by atoms with Gasteiger partial charge in [0.25, 0.3) is 0 Å². The molecule has 208 valence electrons. The third-order valence-corrected chi connectivity index (χ3v) is 8.29. The molecule has 2 amide bonds. The van der Waals surface area contributed by atoms with Crippen LogP contribution in [0, 0.1) is 0 Å². The third-order valence-electron chi connectivity index (χ3n) is 7.11. The molecule has 38 heavy (non-hydrogen) atoms. The minimum Gasteiger partial charge on any atom is -0.495 e. The molecule has 0 bridgehead atoms. The number of anilines is 1. The average Bonchev–Trinajstić information content (AvgIpc) is 2.91. The quantitative estimate of drug-likeness (QED) is 0.410. The lowest BCUT2D eigenvalue weighted by Gasteiger charge is -2.31. The van der Waals surface area contributed by atoms with E-state index in [1.165, 1.54) is 17.8 Å². The van der Waals surface area contributed by atoms with Gasteiger partial charge in [0.05, 0.1) is 19.1 Å². The van der Waals surface area contributed by atoms with Gasteiger partial charge in [0.15, 0.2) is 0 Å². The van der Waals surface area contributed by atoms with Crippen LogP contribution in [0.1, 0.15) is 57.4 Å².